The molecule has 0 saturated carbocycles. The Balaban J connectivity index is 1.51. The van der Waals surface area contributed by atoms with E-state index in [0.717, 1.165) is 15.8 Å². The molecule has 3 aromatic rings. The quantitative estimate of drug-likeness (QED) is 0.518. The lowest BCUT2D eigenvalue weighted by Gasteiger charge is -2.19. The van der Waals surface area contributed by atoms with Crippen molar-refractivity contribution in [2.45, 2.75) is 49.2 Å². The van der Waals surface area contributed by atoms with E-state index in [9.17, 15) is 4.79 Å². The molecule has 0 fully saturated rings. The average molecular weight is 417 g/mol. The van der Waals surface area contributed by atoms with Gasteiger partial charge in [-0.1, -0.05) is 56.0 Å². The SMILES string of the molecule is C[C@@H](Sc1nnc(NCc2ccco2)s1)C(=O)Nc1ccc(C(C)(C)C)cc1. The molecular formula is C20H24N4O2S2. The fourth-order valence-corrected chi connectivity index (χ4v) is 4.30. The number of aromatic nitrogens is 2. The molecule has 3 rings (SSSR count). The van der Waals surface area contributed by atoms with Crippen LogP contribution in [0.2, 0.25) is 0 Å². The zero-order valence-corrected chi connectivity index (χ0v) is 18.0. The molecule has 0 radical (unpaired) electrons. The fourth-order valence-electron chi connectivity index (χ4n) is 2.41. The minimum atomic E-state index is -0.284. The summed E-state index contributed by atoms with van der Waals surface area (Å²) >= 11 is 2.81. The van der Waals surface area contributed by atoms with E-state index >= 15 is 0 Å². The minimum absolute atomic E-state index is 0.0613. The number of carbonyl (C=O) groups is 1. The first kappa shape index (κ1) is 20.4. The average Bonchev–Trinajstić information content (AvgIpc) is 3.31. The number of hydrogen-bond donors (Lipinski definition) is 2. The van der Waals surface area contributed by atoms with E-state index in [0.29, 0.717) is 11.7 Å². The summed E-state index contributed by atoms with van der Waals surface area (Å²) in [4.78, 5) is 12.5. The summed E-state index contributed by atoms with van der Waals surface area (Å²) in [6.45, 7) is 8.91. The van der Waals surface area contributed by atoms with E-state index in [-0.39, 0.29) is 16.6 Å². The number of furan rings is 1. The van der Waals surface area contributed by atoms with Gasteiger partial charge in [0, 0.05) is 5.69 Å². The van der Waals surface area contributed by atoms with E-state index in [1.165, 1.54) is 28.7 Å². The molecule has 1 aromatic carbocycles. The van der Waals surface area contributed by atoms with Gasteiger partial charge in [-0.15, -0.1) is 10.2 Å². The number of anilines is 2. The number of amides is 1. The van der Waals surface area contributed by atoms with Crippen molar-refractivity contribution in [1.82, 2.24) is 10.2 Å². The Hall–Kier alpha value is -2.32. The van der Waals surface area contributed by atoms with Gasteiger partial charge in [0.15, 0.2) is 4.34 Å². The smallest absolute Gasteiger partial charge is 0.237 e. The van der Waals surface area contributed by atoms with Gasteiger partial charge in [-0.2, -0.15) is 0 Å². The molecule has 6 nitrogen and oxygen atoms in total. The highest BCUT2D eigenvalue weighted by atomic mass is 32.2. The number of thioether (sulfide) groups is 1. The standard InChI is InChI=1S/C20H24N4O2S2/c1-13(17(25)22-15-9-7-14(8-10-15)20(2,3)4)27-19-24-23-18(28-19)21-12-16-6-5-11-26-16/h5-11,13H,12H2,1-4H3,(H,21,23)(H,22,25)/t13-/m1/s1. The molecule has 1 amide bonds. The number of hydrogen-bond acceptors (Lipinski definition) is 7. The Morgan fingerprint density at radius 3 is 2.61 bits per heavy atom. The van der Waals surface area contributed by atoms with Gasteiger partial charge in [0.2, 0.25) is 11.0 Å². The van der Waals surface area contributed by atoms with E-state index in [1.807, 2.05) is 31.2 Å². The molecule has 0 bridgehead atoms. The van der Waals surface area contributed by atoms with Crippen molar-refractivity contribution in [3.8, 4) is 0 Å². The zero-order valence-electron chi connectivity index (χ0n) is 16.4. The van der Waals surface area contributed by atoms with Gasteiger partial charge in [-0.25, -0.2) is 0 Å². The van der Waals surface area contributed by atoms with Crippen molar-refractivity contribution in [3.63, 3.8) is 0 Å². The van der Waals surface area contributed by atoms with Crippen LogP contribution in [0.4, 0.5) is 10.8 Å². The fraction of sp³-hybridized carbons (Fsp3) is 0.350. The Morgan fingerprint density at radius 1 is 1.21 bits per heavy atom. The Labute approximate surface area is 173 Å². The lowest BCUT2D eigenvalue weighted by atomic mass is 9.87. The van der Waals surface area contributed by atoms with E-state index < -0.39 is 0 Å². The van der Waals surface area contributed by atoms with Crippen LogP contribution in [0, 0.1) is 0 Å². The van der Waals surface area contributed by atoms with Crippen LogP contribution in [0.1, 0.15) is 39.0 Å². The summed E-state index contributed by atoms with van der Waals surface area (Å²) < 4.78 is 6.02. The summed E-state index contributed by atoms with van der Waals surface area (Å²) in [6.07, 6.45) is 1.63. The van der Waals surface area contributed by atoms with Gasteiger partial charge in [0.1, 0.15) is 5.76 Å². The summed E-state index contributed by atoms with van der Waals surface area (Å²) in [5.41, 5.74) is 2.12. The third kappa shape index (κ3) is 5.59. The maximum Gasteiger partial charge on any atom is 0.237 e. The molecule has 148 valence electrons. The van der Waals surface area contributed by atoms with Crippen LogP contribution in [0.15, 0.2) is 51.4 Å². The number of nitrogens with zero attached hydrogens (tertiary/aromatic N) is 2. The second-order valence-corrected chi connectivity index (χ2v) is 9.95. The molecule has 0 spiro atoms. The first-order chi connectivity index (χ1) is 13.3. The maximum atomic E-state index is 12.5. The Morgan fingerprint density at radius 2 is 1.96 bits per heavy atom. The molecule has 2 N–H and O–H groups in total. The number of rotatable bonds is 7. The van der Waals surface area contributed by atoms with Crippen LogP contribution in [0.25, 0.3) is 0 Å². The Kier molecular flexibility index (Phi) is 6.41. The summed E-state index contributed by atoms with van der Waals surface area (Å²) in [6, 6.07) is 11.7. The van der Waals surface area contributed by atoms with Crippen LogP contribution in [-0.2, 0) is 16.8 Å². The molecule has 0 saturated heterocycles. The molecule has 0 aliphatic carbocycles. The predicted molar refractivity (Wildman–Crippen MR) is 115 cm³/mol. The van der Waals surface area contributed by atoms with Crippen LogP contribution in [-0.4, -0.2) is 21.4 Å². The number of nitrogens with one attached hydrogen (secondary N) is 2. The lowest BCUT2D eigenvalue weighted by Crippen LogP contribution is -2.22. The first-order valence-corrected chi connectivity index (χ1v) is 10.7. The number of benzene rings is 1. The molecule has 28 heavy (non-hydrogen) atoms. The molecule has 0 aliphatic rings. The van der Waals surface area contributed by atoms with Crippen LogP contribution >= 0.6 is 23.1 Å². The van der Waals surface area contributed by atoms with Gasteiger partial charge in [-0.05, 0) is 42.2 Å². The van der Waals surface area contributed by atoms with E-state index in [1.54, 1.807) is 6.26 Å². The zero-order chi connectivity index (χ0) is 20.1. The highest BCUT2D eigenvalue weighted by molar-refractivity contribution is 8.02. The molecular weight excluding hydrogens is 392 g/mol. The normalized spacial score (nSPS) is 12.6. The molecule has 8 heteroatoms. The topological polar surface area (TPSA) is 80.1 Å². The van der Waals surface area contributed by atoms with Crippen molar-refractivity contribution in [2.75, 3.05) is 10.6 Å². The Bertz CT molecular complexity index is 899. The van der Waals surface area contributed by atoms with Gasteiger partial charge in [-0.3, -0.25) is 4.79 Å². The van der Waals surface area contributed by atoms with Crippen LogP contribution in [0.5, 0.6) is 0 Å². The van der Waals surface area contributed by atoms with Crippen molar-refractivity contribution in [2.24, 2.45) is 0 Å². The molecule has 2 aromatic heterocycles. The third-order valence-electron chi connectivity index (χ3n) is 4.07. The minimum Gasteiger partial charge on any atom is -0.467 e. The van der Waals surface area contributed by atoms with Gasteiger partial charge in [0.25, 0.3) is 0 Å². The molecule has 1 atom stereocenters. The predicted octanol–water partition coefficient (Wildman–Crippen LogP) is 5.16. The van der Waals surface area contributed by atoms with Crippen molar-refractivity contribution in [3.05, 3.63) is 54.0 Å². The second-order valence-electron chi connectivity index (χ2n) is 7.38. The van der Waals surface area contributed by atoms with Crippen LogP contribution < -0.4 is 10.6 Å². The highest BCUT2D eigenvalue weighted by Crippen LogP contribution is 2.30. The van der Waals surface area contributed by atoms with Crippen molar-refractivity contribution in [1.29, 1.82) is 0 Å². The van der Waals surface area contributed by atoms with Gasteiger partial charge >= 0.3 is 0 Å². The number of carbonyl (C=O) groups excluding carboxylic acids is 1. The van der Waals surface area contributed by atoms with Gasteiger partial charge in [0.05, 0.1) is 18.1 Å². The van der Waals surface area contributed by atoms with Crippen molar-refractivity contribution >= 4 is 39.8 Å². The summed E-state index contributed by atoms with van der Waals surface area (Å²) in [7, 11) is 0. The monoisotopic (exact) mass is 416 g/mol. The van der Waals surface area contributed by atoms with Crippen LogP contribution in [0.3, 0.4) is 0 Å². The van der Waals surface area contributed by atoms with Crippen molar-refractivity contribution < 1.29 is 9.21 Å². The largest absolute Gasteiger partial charge is 0.467 e. The van der Waals surface area contributed by atoms with Gasteiger partial charge < -0.3 is 15.1 Å². The first-order valence-electron chi connectivity index (χ1n) is 8.99. The van der Waals surface area contributed by atoms with E-state index in [4.69, 9.17) is 4.42 Å². The second kappa shape index (κ2) is 8.79. The highest BCUT2D eigenvalue weighted by Gasteiger charge is 2.18. The maximum absolute atomic E-state index is 12.5. The summed E-state index contributed by atoms with van der Waals surface area (Å²) in [5, 5.41) is 14.8. The molecule has 2 heterocycles. The third-order valence-corrected chi connectivity index (χ3v) is 6.13. The molecule has 0 aliphatic heterocycles. The van der Waals surface area contributed by atoms with E-state index in [2.05, 4.69) is 53.7 Å². The lowest BCUT2D eigenvalue weighted by molar-refractivity contribution is -0.115. The molecule has 0 unspecified atom stereocenters. The summed E-state index contributed by atoms with van der Waals surface area (Å²) in [5.74, 6) is 0.767.